The number of nitrogens with zero attached hydrogens (tertiary/aromatic N) is 1. The van der Waals surface area contributed by atoms with Crippen LogP contribution in [-0.4, -0.2) is 4.98 Å². The zero-order valence-corrected chi connectivity index (χ0v) is 5.66. The maximum Gasteiger partial charge on any atom is 0.110 e. The van der Waals surface area contributed by atoms with Crippen LogP contribution in [0.15, 0.2) is 29.1 Å². The second kappa shape index (κ2) is 1.84. The van der Waals surface area contributed by atoms with E-state index in [1.54, 1.807) is 12.5 Å². The number of hydrogen-bond acceptors (Lipinski definition) is 2. The molecule has 0 aliphatic heterocycles. The maximum atomic E-state index is 5.17. The summed E-state index contributed by atoms with van der Waals surface area (Å²) >= 11 is 0. The van der Waals surface area contributed by atoms with E-state index >= 15 is 0 Å². The van der Waals surface area contributed by atoms with Crippen LogP contribution < -0.4 is 0 Å². The highest BCUT2D eigenvalue weighted by atomic mass is 16.3. The molecule has 50 valence electrons. The van der Waals surface area contributed by atoms with Crippen LogP contribution in [0.3, 0.4) is 0 Å². The Morgan fingerprint density at radius 3 is 3.20 bits per heavy atom. The van der Waals surface area contributed by atoms with Crippen LogP contribution in [0.4, 0.5) is 0 Å². The summed E-state index contributed by atoms with van der Waals surface area (Å²) in [4.78, 5) is 3.99. The molecule has 0 aliphatic rings. The van der Waals surface area contributed by atoms with Gasteiger partial charge in [0.1, 0.15) is 5.76 Å². The molecule has 0 atom stereocenters. The van der Waals surface area contributed by atoms with Crippen molar-refractivity contribution in [3.05, 3.63) is 30.5 Å². The number of fused-ring (bicyclic) bond motifs is 1. The first-order valence-corrected chi connectivity index (χ1v) is 3.16. The molecule has 0 aromatic carbocycles. The molecule has 0 saturated carbocycles. The average molecular weight is 133 g/mol. The lowest BCUT2D eigenvalue weighted by Gasteiger charge is -1.84. The molecule has 2 heterocycles. The minimum atomic E-state index is 0.933. The lowest BCUT2D eigenvalue weighted by Crippen LogP contribution is -1.69. The monoisotopic (exact) mass is 133 g/mol. The third kappa shape index (κ3) is 0.620. The molecule has 2 aromatic rings. The van der Waals surface area contributed by atoms with E-state index in [0.29, 0.717) is 0 Å². The molecule has 0 aliphatic carbocycles. The summed E-state index contributed by atoms with van der Waals surface area (Å²) in [5.74, 6) is 0.933. The standard InChI is InChI=1S/C8H7NO/c1-6-8-4-9-3-2-7(8)5-10-6/h2-5H,1H3. The predicted molar refractivity (Wildman–Crippen MR) is 38.7 cm³/mol. The largest absolute Gasteiger partial charge is 0.468 e. The number of pyridine rings is 1. The van der Waals surface area contributed by atoms with Gasteiger partial charge in [-0.3, -0.25) is 4.98 Å². The Kier molecular flexibility index (Phi) is 1.01. The first kappa shape index (κ1) is 5.47. The van der Waals surface area contributed by atoms with Gasteiger partial charge in [0.2, 0.25) is 0 Å². The van der Waals surface area contributed by atoms with Crippen molar-refractivity contribution >= 4 is 10.8 Å². The van der Waals surface area contributed by atoms with E-state index in [0.717, 1.165) is 16.5 Å². The number of furan rings is 1. The molecule has 0 N–H and O–H groups in total. The third-order valence-electron chi connectivity index (χ3n) is 1.60. The summed E-state index contributed by atoms with van der Waals surface area (Å²) in [6, 6.07) is 1.94. The highest BCUT2D eigenvalue weighted by Crippen LogP contribution is 2.17. The van der Waals surface area contributed by atoms with Gasteiger partial charge in [0, 0.05) is 23.2 Å². The topological polar surface area (TPSA) is 26.0 Å². The van der Waals surface area contributed by atoms with Crippen molar-refractivity contribution in [3.63, 3.8) is 0 Å². The molecule has 0 bridgehead atoms. The van der Waals surface area contributed by atoms with E-state index < -0.39 is 0 Å². The van der Waals surface area contributed by atoms with Gasteiger partial charge in [-0.1, -0.05) is 0 Å². The van der Waals surface area contributed by atoms with E-state index in [1.165, 1.54) is 0 Å². The van der Waals surface area contributed by atoms with E-state index in [2.05, 4.69) is 4.98 Å². The fraction of sp³-hybridized carbons (Fsp3) is 0.125. The van der Waals surface area contributed by atoms with Gasteiger partial charge in [-0.2, -0.15) is 0 Å². The summed E-state index contributed by atoms with van der Waals surface area (Å²) in [5, 5.41) is 2.22. The van der Waals surface area contributed by atoms with Crippen LogP contribution in [0.25, 0.3) is 10.8 Å². The van der Waals surface area contributed by atoms with Crippen molar-refractivity contribution in [2.45, 2.75) is 6.92 Å². The summed E-state index contributed by atoms with van der Waals surface area (Å²) in [5.41, 5.74) is 0. The van der Waals surface area contributed by atoms with Crippen molar-refractivity contribution in [1.29, 1.82) is 0 Å². The van der Waals surface area contributed by atoms with Gasteiger partial charge in [0.25, 0.3) is 0 Å². The molecule has 0 radical (unpaired) electrons. The Hall–Kier alpha value is -1.31. The first-order chi connectivity index (χ1) is 4.88. The van der Waals surface area contributed by atoms with Crippen molar-refractivity contribution < 1.29 is 4.42 Å². The highest BCUT2D eigenvalue weighted by Gasteiger charge is 1.98. The number of aromatic nitrogens is 1. The highest BCUT2D eigenvalue weighted by molar-refractivity contribution is 5.82. The Balaban J connectivity index is 2.93. The van der Waals surface area contributed by atoms with Gasteiger partial charge in [0.15, 0.2) is 0 Å². The number of aryl methyl sites for hydroxylation is 1. The molecule has 0 unspecified atom stereocenters. The summed E-state index contributed by atoms with van der Waals surface area (Å²) in [7, 11) is 0. The second-order valence-electron chi connectivity index (χ2n) is 2.25. The predicted octanol–water partition coefficient (Wildman–Crippen LogP) is 2.14. The molecular weight excluding hydrogens is 126 g/mol. The lowest BCUT2D eigenvalue weighted by atomic mass is 10.2. The molecule has 2 rings (SSSR count). The Bertz CT molecular complexity index is 351. The summed E-state index contributed by atoms with van der Waals surface area (Å²) in [6.07, 6.45) is 5.32. The molecule has 2 heteroatoms. The SMILES string of the molecule is Cc1occ2ccncc12. The van der Waals surface area contributed by atoms with Crippen molar-refractivity contribution in [2.24, 2.45) is 0 Å². The van der Waals surface area contributed by atoms with E-state index in [9.17, 15) is 0 Å². The first-order valence-electron chi connectivity index (χ1n) is 3.16. The van der Waals surface area contributed by atoms with Crippen LogP contribution in [-0.2, 0) is 0 Å². The molecule has 2 aromatic heterocycles. The van der Waals surface area contributed by atoms with Gasteiger partial charge >= 0.3 is 0 Å². The third-order valence-corrected chi connectivity index (χ3v) is 1.60. The van der Waals surface area contributed by atoms with Gasteiger partial charge in [-0.05, 0) is 13.0 Å². The second-order valence-corrected chi connectivity index (χ2v) is 2.25. The molecule has 10 heavy (non-hydrogen) atoms. The van der Waals surface area contributed by atoms with Gasteiger partial charge in [0.05, 0.1) is 6.26 Å². The quantitative estimate of drug-likeness (QED) is 0.550. The van der Waals surface area contributed by atoms with Gasteiger partial charge < -0.3 is 4.42 Å². The van der Waals surface area contributed by atoms with Crippen molar-refractivity contribution in [2.75, 3.05) is 0 Å². The smallest absolute Gasteiger partial charge is 0.110 e. The Morgan fingerprint density at radius 2 is 2.40 bits per heavy atom. The van der Waals surface area contributed by atoms with Crippen LogP contribution in [0.2, 0.25) is 0 Å². The zero-order valence-electron chi connectivity index (χ0n) is 5.66. The average Bonchev–Trinajstić information content (AvgIpc) is 2.34. The molecular formula is C8H7NO. The Labute approximate surface area is 58.5 Å². The van der Waals surface area contributed by atoms with Gasteiger partial charge in [-0.25, -0.2) is 0 Å². The van der Waals surface area contributed by atoms with E-state index in [4.69, 9.17) is 4.42 Å². The van der Waals surface area contributed by atoms with E-state index in [-0.39, 0.29) is 0 Å². The van der Waals surface area contributed by atoms with Crippen molar-refractivity contribution in [1.82, 2.24) is 4.98 Å². The molecule has 0 spiro atoms. The van der Waals surface area contributed by atoms with Crippen LogP contribution in [0.5, 0.6) is 0 Å². The van der Waals surface area contributed by atoms with E-state index in [1.807, 2.05) is 19.2 Å². The summed E-state index contributed by atoms with van der Waals surface area (Å²) in [6.45, 7) is 1.93. The minimum Gasteiger partial charge on any atom is -0.468 e. The fourth-order valence-corrected chi connectivity index (χ4v) is 1.02. The fourth-order valence-electron chi connectivity index (χ4n) is 1.02. The number of rotatable bonds is 0. The maximum absolute atomic E-state index is 5.17. The van der Waals surface area contributed by atoms with Gasteiger partial charge in [-0.15, -0.1) is 0 Å². The van der Waals surface area contributed by atoms with Crippen LogP contribution >= 0.6 is 0 Å². The minimum absolute atomic E-state index is 0.933. The lowest BCUT2D eigenvalue weighted by molar-refractivity contribution is 0.539. The van der Waals surface area contributed by atoms with Crippen LogP contribution in [0.1, 0.15) is 5.76 Å². The normalized spacial score (nSPS) is 10.5. The molecule has 0 saturated heterocycles. The summed E-state index contributed by atoms with van der Waals surface area (Å²) < 4.78 is 5.17. The van der Waals surface area contributed by atoms with Crippen LogP contribution in [0, 0.1) is 6.92 Å². The molecule has 0 amide bonds. The number of hydrogen-bond donors (Lipinski definition) is 0. The Morgan fingerprint density at radius 1 is 1.50 bits per heavy atom. The molecule has 2 nitrogen and oxygen atoms in total. The molecule has 0 fully saturated rings. The van der Waals surface area contributed by atoms with Crippen molar-refractivity contribution in [3.8, 4) is 0 Å². The zero-order chi connectivity index (χ0) is 6.97.